The van der Waals surface area contributed by atoms with Crippen molar-refractivity contribution in [3.05, 3.63) is 0 Å². The lowest BCUT2D eigenvalue weighted by Gasteiger charge is -2.57. The minimum Gasteiger partial charge on any atom is -0.336 e. The van der Waals surface area contributed by atoms with Crippen LogP contribution in [0.25, 0.3) is 0 Å². The fourth-order valence-electron chi connectivity index (χ4n) is 5.58. The fourth-order valence-corrected chi connectivity index (χ4v) is 5.58. The van der Waals surface area contributed by atoms with Crippen LogP contribution in [0.4, 0.5) is 8.78 Å². The molecule has 0 saturated heterocycles. The lowest BCUT2D eigenvalue weighted by atomic mass is 9.49. The molecule has 0 aromatic heterocycles. The van der Waals surface area contributed by atoms with Crippen LogP contribution in [0.5, 0.6) is 0 Å². The van der Waals surface area contributed by atoms with E-state index < -0.39 is 13.0 Å². The van der Waals surface area contributed by atoms with Gasteiger partial charge in [0.25, 0.3) is 6.43 Å². The zero-order chi connectivity index (χ0) is 15.0. The van der Waals surface area contributed by atoms with Crippen molar-refractivity contribution in [1.82, 2.24) is 4.90 Å². The highest BCUT2D eigenvalue weighted by molar-refractivity contribution is 5.77. The Kier molecular flexibility index (Phi) is 4.21. The molecule has 0 heterocycles. The van der Waals surface area contributed by atoms with Crippen LogP contribution in [0.3, 0.4) is 0 Å². The average Bonchev–Trinajstić information content (AvgIpc) is 2.35. The summed E-state index contributed by atoms with van der Waals surface area (Å²) < 4.78 is 25.3. The molecule has 4 rings (SSSR count). The first-order chi connectivity index (χ1) is 9.99. The van der Waals surface area contributed by atoms with Gasteiger partial charge in [-0.2, -0.15) is 0 Å². The molecule has 0 atom stereocenters. The van der Waals surface area contributed by atoms with E-state index in [-0.39, 0.29) is 24.4 Å². The van der Waals surface area contributed by atoms with E-state index in [1.807, 2.05) is 0 Å². The number of carbonyl (C=O) groups excluding carboxylic acids is 1. The molecule has 2 N–H and O–H groups in total. The number of hydrogen-bond acceptors (Lipinski definition) is 2. The van der Waals surface area contributed by atoms with Crippen LogP contribution in [0.15, 0.2) is 0 Å². The quantitative estimate of drug-likeness (QED) is 0.819. The zero-order valence-electron chi connectivity index (χ0n) is 12.6. The van der Waals surface area contributed by atoms with Crippen molar-refractivity contribution in [2.45, 2.75) is 51.4 Å². The summed E-state index contributed by atoms with van der Waals surface area (Å²) >= 11 is 0. The Labute approximate surface area is 125 Å². The van der Waals surface area contributed by atoms with Crippen molar-refractivity contribution >= 4 is 5.91 Å². The number of alkyl halides is 2. The maximum Gasteiger partial charge on any atom is 0.255 e. The van der Waals surface area contributed by atoms with Crippen LogP contribution in [0, 0.1) is 23.2 Å². The second-order valence-corrected chi connectivity index (χ2v) is 7.61. The molecule has 0 unspecified atom stereocenters. The molecule has 4 aliphatic carbocycles. The number of hydrogen-bond donors (Lipinski definition) is 1. The summed E-state index contributed by atoms with van der Waals surface area (Å²) in [6, 6.07) is 0. The zero-order valence-corrected chi connectivity index (χ0v) is 12.6. The van der Waals surface area contributed by atoms with E-state index in [1.54, 1.807) is 0 Å². The number of nitrogens with zero attached hydrogens (tertiary/aromatic N) is 1. The Balaban J connectivity index is 1.65. The Morgan fingerprint density at radius 3 is 2.10 bits per heavy atom. The van der Waals surface area contributed by atoms with Gasteiger partial charge in [0.15, 0.2) is 0 Å². The lowest BCUT2D eigenvalue weighted by Crippen LogP contribution is -2.49. The molecule has 0 spiro atoms. The maximum atomic E-state index is 12.6. The average molecular weight is 300 g/mol. The number of rotatable bonds is 6. The van der Waals surface area contributed by atoms with Crippen molar-refractivity contribution in [2.75, 3.05) is 19.6 Å². The lowest BCUT2D eigenvalue weighted by molar-refractivity contribution is -0.141. The molecule has 4 fully saturated rings. The third kappa shape index (κ3) is 3.22. The van der Waals surface area contributed by atoms with Gasteiger partial charge in [-0.25, -0.2) is 8.78 Å². The molecule has 4 saturated carbocycles. The van der Waals surface area contributed by atoms with Crippen LogP contribution in [0.2, 0.25) is 0 Å². The number of amides is 1. The predicted molar refractivity (Wildman–Crippen MR) is 76.9 cm³/mol. The molecule has 0 aliphatic heterocycles. The standard InChI is InChI=1S/C16H26F2N2O/c17-14(18)10-20(2-1-19)15(21)9-16-6-11-3-12(7-16)5-13(4-11)8-16/h11-14H,1-10,19H2. The molecule has 0 aromatic rings. The molecule has 21 heavy (non-hydrogen) atoms. The first kappa shape index (κ1) is 15.2. The van der Waals surface area contributed by atoms with Crippen LogP contribution < -0.4 is 5.73 Å². The minimum atomic E-state index is -2.48. The first-order valence-corrected chi connectivity index (χ1v) is 8.26. The summed E-state index contributed by atoms with van der Waals surface area (Å²) in [5.41, 5.74) is 5.58. The van der Waals surface area contributed by atoms with E-state index in [2.05, 4.69) is 0 Å². The Bertz CT molecular complexity index is 364. The summed E-state index contributed by atoms with van der Waals surface area (Å²) in [6.45, 7) is 0.0251. The van der Waals surface area contributed by atoms with Gasteiger partial charge in [-0.1, -0.05) is 0 Å². The normalized spacial score (nSPS) is 37.2. The summed E-state index contributed by atoms with van der Waals surface area (Å²) in [4.78, 5) is 13.8. The molecule has 0 aromatic carbocycles. The van der Waals surface area contributed by atoms with Crippen molar-refractivity contribution in [3.63, 3.8) is 0 Å². The summed E-state index contributed by atoms with van der Waals surface area (Å²) in [6.07, 6.45) is 5.38. The van der Waals surface area contributed by atoms with Crippen LogP contribution >= 0.6 is 0 Å². The minimum absolute atomic E-state index is 0.109. The van der Waals surface area contributed by atoms with Crippen LogP contribution in [-0.2, 0) is 4.79 Å². The van der Waals surface area contributed by atoms with Gasteiger partial charge in [0.05, 0.1) is 6.54 Å². The molecule has 5 heteroatoms. The van der Waals surface area contributed by atoms with Gasteiger partial charge in [0, 0.05) is 19.5 Å². The highest BCUT2D eigenvalue weighted by Crippen LogP contribution is 2.61. The van der Waals surface area contributed by atoms with Gasteiger partial charge in [-0.3, -0.25) is 4.79 Å². The molecule has 120 valence electrons. The molecular weight excluding hydrogens is 274 g/mol. The van der Waals surface area contributed by atoms with Crippen molar-refractivity contribution in [2.24, 2.45) is 28.9 Å². The summed E-state index contributed by atoms with van der Waals surface area (Å²) in [5.74, 6) is 2.23. The van der Waals surface area contributed by atoms with Gasteiger partial charge in [0.2, 0.25) is 5.91 Å². The highest BCUT2D eigenvalue weighted by Gasteiger charge is 2.51. The summed E-state index contributed by atoms with van der Waals surface area (Å²) in [7, 11) is 0. The number of carbonyl (C=O) groups is 1. The summed E-state index contributed by atoms with van der Waals surface area (Å²) in [5, 5.41) is 0. The van der Waals surface area contributed by atoms with Crippen LogP contribution in [0.1, 0.15) is 44.9 Å². The predicted octanol–water partition coefficient (Wildman–Crippen LogP) is 2.65. The third-order valence-electron chi connectivity index (χ3n) is 5.80. The van der Waals surface area contributed by atoms with Gasteiger partial charge >= 0.3 is 0 Å². The van der Waals surface area contributed by atoms with Gasteiger partial charge in [-0.05, 0) is 61.7 Å². The molecule has 4 bridgehead atoms. The molecule has 0 radical (unpaired) electrons. The Morgan fingerprint density at radius 2 is 1.67 bits per heavy atom. The Hall–Kier alpha value is -0.710. The second kappa shape index (κ2) is 5.82. The van der Waals surface area contributed by atoms with Crippen LogP contribution in [-0.4, -0.2) is 36.9 Å². The van der Waals surface area contributed by atoms with E-state index in [4.69, 9.17) is 5.73 Å². The fraction of sp³-hybridized carbons (Fsp3) is 0.938. The first-order valence-electron chi connectivity index (χ1n) is 8.26. The SMILES string of the molecule is NCCN(CC(F)F)C(=O)CC12CC3CC(CC(C3)C1)C2. The smallest absolute Gasteiger partial charge is 0.255 e. The van der Waals surface area contributed by atoms with Crippen molar-refractivity contribution in [1.29, 1.82) is 0 Å². The van der Waals surface area contributed by atoms with Crippen molar-refractivity contribution in [3.8, 4) is 0 Å². The van der Waals surface area contributed by atoms with E-state index in [9.17, 15) is 13.6 Å². The van der Waals surface area contributed by atoms with E-state index in [0.29, 0.717) is 6.42 Å². The van der Waals surface area contributed by atoms with Crippen molar-refractivity contribution < 1.29 is 13.6 Å². The monoisotopic (exact) mass is 300 g/mol. The Morgan fingerprint density at radius 1 is 1.14 bits per heavy atom. The second-order valence-electron chi connectivity index (χ2n) is 7.61. The van der Waals surface area contributed by atoms with Gasteiger partial charge in [-0.15, -0.1) is 0 Å². The molecule has 3 nitrogen and oxygen atoms in total. The molecule has 1 amide bonds. The highest BCUT2D eigenvalue weighted by atomic mass is 19.3. The van der Waals surface area contributed by atoms with E-state index >= 15 is 0 Å². The van der Waals surface area contributed by atoms with Gasteiger partial charge < -0.3 is 10.6 Å². The largest absolute Gasteiger partial charge is 0.336 e. The maximum absolute atomic E-state index is 12.6. The number of nitrogens with two attached hydrogens (primary N) is 1. The molecular formula is C16H26F2N2O. The van der Waals surface area contributed by atoms with E-state index in [1.165, 1.54) is 24.2 Å². The molecule has 4 aliphatic rings. The van der Waals surface area contributed by atoms with E-state index in [0.717, 1.165) is 37.0 Å². The third-order valence-corrected chi connectivity index (χ3v) is 5.80. The topological polar surface area (TPSA) is 46.3 Å². The number of halogens is 2. The van der Waals surface area contributed by atoms with Gasteiger partial charge in [0.1, 0.15) is 0 Å².